The predicted octanol–water partition coefficient (Wildman–Crippen LogP) is 1.24. The Kier molecular flexibility index (Phi) is 3.35. The van der Waals surface area contributed by atoms with E-state index < -0.39 is 10.0 Å². The highest BCUT2D eigenvalue weighted by molar-refractivity contribution is 7.89. The van der Waals surface area contributed by atoms with Gasteiger partial charge in [-0.05, 0) is 31.2 Å². The fourth-order valence-corrected chi connectivity index (χ4v) is 1.97. The number of primary sulfonamides is 1. The van der Waals surface area contributed by atoms with Gasteiger partial charge in [0.15, 0.2) is 5.76 Å². The Bertz CT molecular complexity index is 632. The molecule has 1 aromatic carbocycles. The number of anilines is 1. The Balaban J connectivity index is 2.03. The summed E-state index contributed by atoms with van der Waals surface area (Å²) in [7, 11) is -3.64. The zero-order valence-electron chi connectivity index (χ0n) is 9.75. The van der Waals surface area contributed by atoms with Crippen LogP contribution in [0.25, 0.3) is 0 Å². The van der Waals surface area contributed by atoms with Crippen molar-refractivity contribution in [2.24, 2.45) is 5.14 Å². The maximum atomic E-state index is 11.1. The smallest absolute Gasteiger partial charge is 0.238 e. The number of aromatic nitrogens is 1. The van der Waals surface area contributed by atoms with E-state index >= 15 is 0 Å². The van der Waals surface area contributed by atoms with Gasteiger partial charge in [0, 0.05) is 11.8 Å². The standard InChI is InChI=1S/C11H13N3O3S/c1-8-6-10(17-14-8)7-13-9-2-4-11(5-3-9)18(12,15)16/h2-6,13H,7H2,1H3,(H2,12,15,16). The van der Waals surface area contributed by atoms with Crippen LogP contribution in [0.1, 0.15) is 11.5 Å². The van der Waals surface area contributed by atoms with Crippen molar-refractivity contribution in [2.45, 2.75) is 18.4 Å². The lowest BCUT2D eigenvalue weighted by Crippen LogP contribution is -2.11. The molecule has 1 aromatic heterocycles. The quantitative estimate of drug-likeness (QED) is 0.868. The molecule has 3 N–H and O–H groups in total. The third kappa shape index (κ3) is 3.08. The van der Waals surface area contributed by atoms with Gasteiger partial charge >= 0.3 is 0 Å². The van der Waals surface area contributed by atoms with Gasteiger partial charge in [-0.2, -0.15) is 0 Å². The molecule has 0 aliphatic heterocycles. The third-order valence-corrected chi connectivity index (χ3v) is 3.26. The normalized spacial score (nSPS) is 11.4. The van der Waals surface area contributed by atoms with E-state index in [2.05, 4.69) is 10.5 Å². The molecule has 2 aromatic rings. The van der Waals surface area contributed by atoms with Crippen molar-refractivity contribution in [2.75, 3.05) is 5.32 Å². The number of nitrogens with zero attached hydrogens (tertiary/aromatic N) is 1. The topological polar surface area (TPSA) is 98.2 Å². The van der Waals surface area contributed by atoms with Crippen LogP contribution in [-0.4, -0.2) is 13.6 Å². The van der Waals surface area contributed by atoms with Gasteiger partial charge in [-0.15, -0.1) is 0 Å². The molecule has 0 unspecified atom stereocenters. The zero-order chi connectivity index (χ0) is 13.2. The summed E-state index contributed by atoms with van der Waals surface area (Å²) < 4.78 is 27.2. The summed E-state index contributed by atoms with van der Waals surface area (Å²) in [4.78, 5) is 0.0866. The van der Waals surface area contributed by atoms with Crippen molar-refractivity contribution in [3.05, 3.63) is 41.8 Å². The van der Waals surface area contributed by atoms with Crippen LogP contribution < -0.4 is 10.5 Å². The van der Waals surface area contributed by atoms with E-state index in [1.807, 2.05) is 13.0 Å². The molecular weight excluding hydrogens is 254 g/mol. The van der Waals surface area contributed by atoms with Crippen LogP contribution >= 0.6 is 0 Å². The minimum absolute atomic E-state index is 0.0866. The van der Waals surface area contributed by atoms with Crippen molar-refractivity contribution in [1.82, 2.24) is 5.16 Å². The maximum absolute atomic E-state index is 11.1. The first-order valence-corrected chi connectivity index (χ1v) is 6.79. The van der Waals surface area contributed by atoms with Gasteiger partial charge in [-0.3, -0.25) is 0 Å². The molecule has 6 nitrogen and oxygen atoms in total. The van der Waals surface area contributed by atoms with Crippen LogP contribution in [0, 0.1) is 6.92 Å². The highest BCUT2D eigenvalue weighted by Crippen LogP contribution is 2.14. The molecule has 0 aliphatic rings. The number of hydrogen-bond donors (Lipinski definition) is 2. The number of hydrogen-bond acceptors (Lipinski definition) is 5. The van der Waals surface area contributed by atoms with Gasteiger partial charge in [0.05, 0.1) is 17.1 Å². The molecule has 18 heavy (non-hydrogen) atoms. The van der Waals surface area contributed by atoms with E-state index in [9.17, 15) is 8.42 Å². The van der Waals surface area contributed by atoms with Crippen molar-refractivity contribution in [3.8, 4) is 0 Å². The van der Waals surface area contributed by atoms with E-state index in [4.69, 9.17) is 9.66 Å². The van der Waals surface area contributed by atoms with Crippen molar-refractivity contribution < 1.29 is 12.9 Å². The van der Waals surface area contributed by atoms with Gasteiger partial charge in [0.25, 0.3) is 0 Å². The first-order chi connectivity index (χ1) is 8.45. The maximum Gasteiger partial charge on any atom is 0.238 e. The number of nitrogens with one attached hydrogen (secondary N) is 1. The highest BCUT2D eigenvalue weighted by Gasteiger charge is 2.06. The second kappa shape index (κ2) is 4.79. The number of nitrogens with two attached hydrogens (primary N) is 1. The first kappa shape index (κ1) is 12.6. The SMILES string of the molecule is Cc1cc(CNc2ccc(S(N)(=O)=O)cc2)on1. The average Bonchev–Trinajstić information content (AvgIpc) is 2.72. The Morgan fingerprint density at radius 1 is 1.33 bits per heavy atom. The van der Waals surface area contributed by atoms with Crippen LogP contribution in [0.2, 0.25) is 0 Å². The third-order valence-electron chi connectivity index (χ3n) is 2.33. The zero-order valence-corrected chi connectivity index (χ0v) is 10.6. The van der Waals surface area contributed by atoms with E-state index in [1.165, 1.54) is 12.1 Å². The average molecular weight is 267 g/mol. The van der Waals surface area contributed by atoms with Gasteiger partial charge in [0.2, 0.25) is 10.0 Å². The van der Waals surface area contributed by atoms with E-state index in [-0.39, 0.29) is 4.90 Å². The molecule has 0 saturated carbocycles. The molecule has 0 aliphatic carbocycles. The Hall–Kier alpha value is -1.86. The summed E-state index contributed by atoms with van der Waals surface area (Å²) >= 11 is 0. The summed E-state index contributed by atoms with van der Waals surface area (Å²) in [6.45, 7) is 2.32. The lowest BCUT2D eigenvalue weighted by atomic mass is 10.3. The monoisotopic (exact) mass is 267 g/mol. The van der Waals surface area contributed by atoms with Gasteiger partial charge < -0.3 is 9.84 Å². The summed E-state index contributed by atoms with van der Waals surface area (Å²) in [5.41, 5.74) is 1.59. The molecule has 2 rings (SSSR count). The molecule has 7 heteroatoms. The number of sulfonamides is 1. The minimum Gasteiger partial charge on any atom is -0.378 e. The highest BCUT2D eigenvalue weighted by atomic mass is 32.2. The van der Waals surface area contributed by atoms with Gasteiger partial charge in [0.1, 0.15) is 0 Å². The molecule has 0 fully saturated rings. The second-order valence-electron chi connectivity index (χ2n) is 3.86. The molecule has 0 spiro atoms. The summed E-state index contributed by atoms with van der Waals surface area (Å²) in [6.07, 6.45) is 0. The summed E-state index contributed by atoms with van der Waals surface area (Å²) in [5, 5.41) is 11.9. The van der Waals surface area contributed by atoms with Crippen LogP contribution in [0.3, 0.4) is 0 Å². The molecule has 0 amide bonds. The molecule has 1 heterocycles. The lowest BCUT2D eigenvalue weighted by Gasteiger charge is -2.04. The number of aryl methyl sites for hydroxylation is 1. The van der Waals surface area contributed by atoms with Crippen molar-refractivity contribution in [1.29, 1.82) is 0 Å². The second-order valence-corrected chi connectivity index (χ2v) is 5.42. The predicted molar refractivity (Wildman–Crippen MR) is 66.4 cm³/mol. The molecule has 0 atom stereocenters. The largest absolute Gasteiger partial charge is 0.378 e. The molecule has 0 bridgehead atoms. The summed E-state index contributed by atoms with van der Waals surface area (Å²) in [5.74, 6) is 0.711. The van der Waals surface area contributed by atoms with E-state index in [0.717, 1.165) is 11.4 Å². The summed E-state index contributed by atoms with van der Waals surface area (Å²) in [6, 6.07) is 8.00. The van der Waals surface area contributed by atoms with Crippen molar-refractivity contribution >= 4 is 15.7 Å². The number of benzene rings is 1. The molecule has 0 saturated heterocycles. The first-order valence-electron chi connectivity index (χ1n) is 5.24. The molecule has 0 radical (unpaired) electrons. The van der Waals surface area contributed by atoms with E-state index in [0.29, 0.717) is 12.3 Å². The fourth-order valence-electron chi connectivity index (χ4n) is 1.45. The minimum atomic E-state index is -3.64. The number of rotatable bonds is 4. The van der Waals surface area contributed by atoms with E-state index in [1.54, 1.807) is 12.1 Å². The van der Waals surface area contributed by atoms with Crippen LogP contribution in [0.4, 0.5) is 5.69 Å². The van der Waals surface area contributed by atoms with Crippen molar-refractivity contribution in [3.63, 3.8) is 0 Å². The molecular formula is C11H13N3O3S. The fraction of sp³-hybridized carbons (Fsp3) is 0.182. The Morgan fingerprint density at radius 2 is 2.00 bits per heavy atom. The van der Waals surface area contributed by atoms with Crippen LogP contribution in [0.5, 0.6) is 0 Å². The van der Waals surface area contributed by atoms with Gasteiger partial charge in [-0.1, -0.05) is 5.16 Å². The van der Waals surface area contributed by atoms with Gasteiger partial charge in [-0.25, -0.2) is 13.6 Å². The Morgan fingerprint density at radius 3 is 2.50 bits per heavy atom. The van der Waals surface area contributed by atoms with Crippen LogP contribution in [0.15, 0.2) is 39.8 Å². The van der Waals surface area contributed by atoms with Crippen LogP contribution in [-0.2, 0) is 16.6 Å². The Labute approximate surface area is 105 Å². The molecule has 96 valence electrons. The lowest BCUT2D eigenvalue weighted by molar-refractivity contribution is 0.384.